The number of nitrogens with zero attached hydrogens (tertiary/aromatic N) is 6. The summed E-state index contributed by atoms with van der Waals surface area (Å²) < 4.78 is 4.34. The lowest BCUT2D eigenvalue weighted by molar-refractivity contribution is -0.135. The highest BCUT2D eigenvalue weighted by Crippen LogP contribution is 2.25. The number of amides is 1. The molecule has 3 heterocycles. The Morgan fingerprint density at radius 2 is 1.97 bits per heavy atom. The highest BCUT2D eigenvalue weighted by molar-refractivity contribution is 5.77. The molecule has 1 aliphatic heterocycles. The summed E-state index contributed by atoms with van der Waals surface area (Å²) in [6.07, 6.45) is 3.68. The molecule has 30 heavy (non-hydrogen) atoms. The first-order chi connectivity index (χ1) is 14.2. The van der Waals surface area contributed by atoms with E-state index in [2.05, 4.69) is 4.90 Å². The number of carbonyl (C=O) groups is 1. The summed E-state index contributed by atoms with van der Waals surface area (Å²) >= 11 is 0. The molecule has 1 saturated heterocycles. The second kappa shape index (κ2) is 8.47. The van der Waals surface area contributed by atoms with Crippen LogP contribution in [-0.4, -0.2) is 67.4 Å². The van der Waals surface area contributed by atoms with Crippen molar-refractivity contribution in [3.63, 3.8) is 0 Å². The minimum atomic E-state index is -0.524. The third-order valence-corrected chi connectivity index (χ3v) is 5.77. The van der Waals surface area contributed by atoms with Gasteiger partial charge in [0.1, 0.15) is 6.61 Å². The van der Waals surface area contributed by atoms with Gasteiger partial charge in [0, 0.05) is 46.8 Å². The van der Waals surface area contributed by atoms with Crippen molar-refractivity contribution < 1.29 is 9.90 Å². The Balaban J connectivity index is 2.14. The molecule has 1 atom stereocenters. The van der Waals surface area contributed by atoms with Gasteiger partial charge in [-0.1, -0.05) is 11.6 Å². The van der Waals surface area contributed by atoms with E-state index < -0.39 is 12.3 Å². The SMILES string of the molecule is CC(C)=CCn1c(N2CCCC(N(C)C(=O)CO)C2)nc2c1c(=O)n(C)c(=O)n2C. The summed E-state index contributed by atoms with van der Waals surface area (Å²) in [4.78, 5) is 45.6. The summed E-state index contributed by atoms with van der Waals surface area (Å²) in [6, 6.07) is -0.0678. The predicted molar refractivity (Wildman–Crippen MR) is 115 cm³/mol. The number of rotatable bonds is 5. The zero-order valence-corrected chi connectivity index (χ0v) is 18.3. The zero-order valence-electron chi connectivity index (χ0n) is 18.3. The number of piperidine rings is 1. The molecule has 0 bridgehead atoms. The summed E-state index contributed by atoms with van der Waals surface area (Å²) in [6.45, 7) is 5.16. The van der Waals surface area contributed by atoms with E-state index in [0.29, 0.717) is 30.2 Å². The normalized spacial score (nSPS) is 16.7. The Morgan fingerprint density at radius 3 is 2.60 bits per heavy atom. The third-order valence-electron chi connectivity index (χ3n) is 5.77. The van der Waals surface area contributed by atoms with E-state index in [0.717, 1.165) is 29.5 Å². The molecule has 10 heteroatoms. The highest BCUT2D eigenvalue weighted by atomic mass is 16.3. The molecule has 0 aromatic carbocycles. The van der Waals surface area contributed by atoms with Crippen molar-refractivity contribution in [2.45, 2.75) is 39.3 Å². The highest BCUT2D eigenvalue weighted by Gasteiger charge is 2.29. The molecule has 2 aromatic rings. The maximum atomic E-state index is 12.9. The Bertz CT molecular complexity index is 1110. The van der Waals surface area contributed by atoms with Gasteiger partial charge in [-0.15, -0.1) is 0 Å². The van der Waals surface area contributed by atoms with Gasteiger partial charge < -0.3 is 19.5 Å². The Labute approximate surface area is 174 Å². The first-order valence-electron chi connectivity index (χ1n) is 10.1. The monoisotopic (exact) mass is 418 g/mol. The first-order valence-corrected chi connectivity index (χ1v) is 10.1. The number of aliphatic hydroxyl groups is 1. The Hall–Kier alpha value is -2.88. The summed E-state index contributed by atoms with van der Waals surface area (Å²) in [5.41, 5.74) is 1.04. The molecule has 1 fully saturated rings. The van der Waals surface area contributed by atoms with E-state index in [1.165, 1.54) is 11.6 Å². The molecule has 2 aromatic heterocycles. The molecule has 1 aliphatic rings. The van der Waals surface area contributed by atoms with Crippen LogP contribution >= 0.6 is 0 Å². The average molecular weight is 418 g/mol. The number of allylic oxidation sites excluding steroid dienone is 2. The molecule has 1 amide bonds. The van der Waals surface area contributed by atoms with Crippen LogP contribution in [0, 0.1) is 0 Å². The van der Waals surface area contributed by atoms with Crippen molar-refractivity contribution in [3.05, 3.63) is 32.5 Å². The third kappa shape index (κ3) is 3.79. The second-order valence-electron chi connectivity index (χ2n) is 8.09. The van der Waals surface area contributed by atoms with Crippen molar-refractivity contribution in [2.24, 2.45) is 14.1 Å². The minimum absolute atomic E-state index is 0.0678. The standard InChI is InChI=1S/C20H30N6O4/c1-13(2)8-10-26-16-17(23(4)20(30)24(5)18(16)29)21-19(26)25-9-6-7-14(11-25)22(3)15(28)12-27/h8,14,27H,6-7,9-12H2,1-5H3. The fourth-order valence-electron chi connectivity index (χ4n) is 3.89. The quantitative estimate of drug-likeness (QED) is 0.676. The number of anilines is 1. The number of hydrogen-bond donors (Lipinski definition) is 1. The fourth-order valence-corrected chi connectivity index (χ4v) is 3.89. The topological polar surface area (TPSA) is 106 Å². The van der Waals surface area contributed by atoms with Crippen LogP contribution in [-0.2, 0) is 25.4 Å². The summed E-state index contributed by atoms with van der Waals surface area (Å²) in [5, 5.41) is 9.20. The molecule has 10 nitrogen and oxygen atoms in total. The van der Waals surface area contributed by atoms with Crippen molar-refractivity contribution in [1.29, 1.82) is 0 Å². The maximum Gasteiger partial charge on any atom is 0.332 e. The van der Waals surface area contributed by atoms with Gasteiger partial charge in [0.2, 0.25) is 11.9 Å². The van der Waals surface area contributed by atoms with Crippen molar-refractivity contribution in [1.82, 2.24) is 23.6 Å². The van der Waals surface area contributed by atoms with Crippen LogP contribution in [0.5, 0.6) is 0 Å². The number of fused-ring (bicyclic) bond motifs is 1. The van der Waals surface area contributed by atoms with Crippen LogP contribution in [0.2, 0.25) is 0 Å². The fraction of sp³-hybridized carbons (Fsp3) is 0.600. The molecule has 0 saturated carbocycles. The molecule has 0 aliphatic carbocycles. The number of imidazole rings is 1. The van der Waals surface area contributed by atoms with Crippen molar-refractivity contribution >= 4 is 23.0 Å². The molecular weight excluding hydrogens is 388 g/mol. The van der Waals surface area contributed by atoms with Gasteiger partial charge in [-0.2, -0.15) is 4.98 Å². The van der Waals surface area contributed by atoms with Gasteiger partial charge in [-0.25, -0.2) is 4.79 Å². The predicted octanol–water partition coefficient (Wildman–Crippen LogP) is -0.181. The van der Waals surface area contributed by atoms with Gasteiger partial charge in [0.05, 0.1) is 0 Å². The Morgan fingerprint density at radius 1 is 1.27 bits per heavy atom. The number of likely N-dealkylation sites (N-methyl/N-ethyl adjacent to an activating group) is 1. The largest absolute Gasteiger partial charge is 0.387 e. The van der Waals surface area contributed by atoms with E-state index in [-0.39, 0.29) is 17.5 Å². The lowest BCUT2D eigenvalue weighted by Crippen LogP contribution is -2.50. The van der Waals surface area contributed by atoms with Crippen LogP contribution in [0.4, 0.5) is 5.95 Å². The summed E-state index contributed by atoms with van der Waals surface area (Å²) in [5.74, 6) is 0.284. The van der Waals surface area contributed by atoms with Gasteiger partial charge in [0.25, 0.3) is 5.56 Å². The average Bonchev–Trinajstić information content (AvgIpc) is 3.13. The zero-order chi connectivity index (χ0) is 22.2. The molecule has 0 spiro atoms. The summed E-state index contributed by atoms with van der Waals surface area (Å²) in [7, 11) is 4.77. The minimum Gasteiger partial charge on any atom is -0.387 e. The molecule has 164 valence electrons. The van der Waals surface area contributed by atoms with Crippen LogP contribution in [0.3, 0.4) is 0 Å². The van der Waals surface area contributed by atoms with Crippen LogP contribution in [0.25, 0.3) is 11.2 Å². The van der Waals surface area contributed by atoms with E-state index in [1.807, 2.05) is 24.5 Å². The molecule has 0 radical (unpaired) electrons. The van der Waals surface area contributed by atoms with Crippen molar-refractivity contribution in [3.8, 4) is 0 Å². The van der Waals surface area contributed by atoms with E-state index in [4.69, 9.17) is 4.98 Å². The van der Waals surface area contributed by atoms with E-state index >= 15 is 0 Å². The van der Waals surface area contributed by atoms with Gasteiger partial charge in [0.15, 0.2) is 11.2 Å². The maximum absolute atomic E-state index is 12.9. The lowest BCUT2D eigenvalue weighted by atomic mass is 10.0. The molecule has 1 N–H and O–H groups in total. The molecule has 1 unspecified atom stereocenters. The second-order valence-corrected chi connectivity index (χ2v) is 8.09. The van der Waals surface area contributed by atoms with E-state index in [1.54, 1.807) is 19.0 Å². The van der Waals surface area contributed by atoms with Gasteiger partial charge in [-0.05, 0) is 26.7 Å². The van der Waals surface area contributed by atoms with Gasteiger partial charge in [-0.3, -0.25) is 18.7 Å². The lowest BCUT2D eigenvalue weighted by Gasteiger charge is -2.38. The van der Waals surface area contributed by atoms with Crippen LogP contribution in [0.15, 0.2) is 21.2 Å². The number of carbonyl (C=O) groups excluding carboxylic acids is 1. The number of aryl methyl sites for hydroxylation is 1. The number of aliphatic hydroxyl groups excluding tert-OH is 1. The van der Waals surface area contributed by atoms with Crippen LogP contribution < -0.4 is 16.1 Å². The number of hydrogen-bond acceptors (Lipinski definition) is 6. The number of aromatic nitrogens is 4. The molecule has 3 rings (SSSR count). The smallest absolute Gasteiger partial charge is 0.332 e. The molecular formula is C20H30N6O4. The van der Waals surface area contributed by atoms with Gasteiger partial charge >= 0.3 is 5.69 Å². The van der Waals surface area contributed by atoms with Crippen LogP contribution in [0.1, 0.15) is 26.7 Å². The first kappa shape index (κ1) is 21.8. The Kier molecular flexibility index (Phi) is 6.16. The van der Waals surface area contributed by atoms with Crippen molar-refractivity contribution in [2.75, 3.05) is 31.6 Å². The van der Waals surface area contributed by atoms with E-state index in [9.17, 15) is 19.5 Å².